The van der Waals surface area contributed by atoms with Crippen LogP contribution in [0.25, 0.3) is 6.08 Å². The van der Waals surface area contributed by atoms with E-state index in [2.05, 4.69) is 21.2 Å². The minimum atomic E-state index is -1.05. The number of carboxylic acid groups (broad SMARTS) is 1. The SMILES string of the molecule is COc1ccc(Br)cc1C=CC(=O)N[C@@H](C(=O)O)C(C)C. The number of carbonyl (C=O) groups excluding carboxylic acids is 1. The standard InChI is InChI=1S/C15H18BrNO4/c1-9(2)14(15(19)20)17-13(18)7-4-10-8-11(16)5-6-12(10)21-3/h4-9,14H,1-3H3,(H,17,18)(H,19,20)/t14-/m1/s1. The van der Waals surface area contributed by atoms with Crippen LogP contribution >= 0.6 is 15.9 Å². The molecule has 0 fully saturated rings. The smallest absolute Gasteiger partial charge is 0.326 e. The molecule has 1 aromatic rings. The van der Waals surface area contributed by atoms with Gasteiger partial charge in [-0.15, -0.1) is 0 Å². The van der Waals surface area contributed by atoms with Crippen LogP contribution in [-0.2, 0) is 9.59 Å². The first-order valence-electron chi connectivity index (χ1n) is 6.40. The number of hydrogen-bond acceptors (Lipinski definition) is 3. The maximum absolute atomic E-state index is 11.8. The van der Waals surface area contributed by atoms with Crippen molar-refractivity contribution in [3.63, 3.8) is 0 Å². The van der Waals surface area contributed by atoms with Gasteiger partial charge >= 0.3 is 5.97 Å². The van der Waals surface area contributed by atoms with Crippen molar-refractivity contribution in [1.82, 2.24) is 5.32 Å². The molecule has 6 heteroatoms. The molecule has 0 aliphatic rings. The lowest BCUT2D eigenvalue weighted by molar-refractivity contribution is -0.142. The Balaban J connectivity index is 2.83. The van der Waals surface area contributed by atoms with Crippen LogP contribution < -0.4 is 10.1 Å². The van der Waals surface area contributed by atoms with Crippen molar-refractivity contribution in [2.24, 2.45) is 5.92 Å². The maximum atomic E-state index is 11.8. The Morgan fingerprint density at radius 3 is 2.57 bits per heavy atom. The summed E-state index contributed by atoms with van der Waals surface area (Å²) in [5, 5.41) is 11.5. The molecule has 0 heterocycles. The van der Waals surface area contributed by atoms with Crippen molar-refractivity contribution in [1.29, 1.82) is 0 Å². The van der Waals surface area contributed by atoms with Gasteiger partial charge in [-0.2, -0.15) is 0 Å². The molecule has 2 N–H and O–H groups in total. The average molecular weight is 356 g/mol. The van der Waals surface area contributed by atoms with Gasteiger partial charge in [-0.05, 0) is 30.2 Å². The Hall–Kier alpha value is -1.82. The lowest BCUT2D eigenvalue weighted by Gasteiger charge is -2.16. The van der Waals surface area contributed by atoms with E-state index in [9.17, 15) is 9.59 Å². The molecular formula is C15H18BrNO4. The van der Waals surface area contributed by atoms with Crippen LogP contribution in [-0.4, -0.2) is 30.1 Å². The quantitative estimate of drug-likeness (QED) is 0.769. The van der Waals surface area contributed by atoms with Crippen LogP contribution in [0.3, 0.4) is 0 Å². The Morgan fingerprint density at radius 2 is 2.05 bits per heavy atom. The molecule has 114 valence electrons. The van der Waals surface area contributed by atoms with E-state index in [0.717, 1.165) is 10.0 Å². The lowest BCUT2D eigenvalue weighted by atomic mass is 10.0. The van der Waals surface area contributed by atoms with E-state index in [1.165, 1.54) is 6.08 Å². The van der Waals surface area contributed by atoms with Crippen molar-refractivity contribution in [2.75, 3.05) is 7.11 Å². The highest BCUT2D eigenvalue weighted by Gasteiger charge is 2.22. The highest BCUT2D eigenvalue weighted by Crippen LogP contribution is 2.24. The number of amides is 1. The highest BCUT2D eigenvalue weighted by atomic mass is 79.9. The van der Waals surface area contributed by atoms with Gasteiger partial charge in [0.1, 0.15) is 11.8 Å². The lowest BCUT2D eigenvalue weighted by Crippen LogP contribution is -2.43. The van der Waals surface area contributed by atoms with Gasteiger partial charge < -0.3 is 15.2 Å². The summed E-state index contributed by atoms with van der Waals surface area (Å²) in [5.74, 6) is -1.08. The number of aliphatic carboxylic acids is 1. The number of benzene rings is 1. The fourth-order valence-electron chi connectivity index (χ4n) is 1.72. The second-order valence-electron chi connectivity index (χ2n) is 4.79. The third-order valence-electron chi connectivity index (χ3n) is 2.84. The first kappa shape index (κ1) is 17.2. The van der Waals surface area contributed by atoms with Crippen molar-refractivity contribution >= 4 is 33.9 Å². The van der Waals surface area contributed by atoms with E-state index >= 15 is 0 Å². The minimum Gasteiger partial charge on any atom is -0.496 e. The Morgan fingerprint density at radius 1 is 1.38 bits per heavy atom. The summed E-state index contributed by atoms with van der Waals surface area (Å²) in [4.78, 5) is 22.8. The number of ether oxygens (including phenoxy) is 1. The fourth-order valence-corrected chi connectivity index (χ4v) is 2.09. The third kappa shape index (κ3) is 5.23. The van der Waals surface area contributed by atoms with Gasteiger partial charge in [0.2, 0.25) is 5.91 Å². The zero-order chi connectivity index (χ0) is 16.0. The Kier molecular flexibility index (Phi) is 6.42. The monoisotopic (exact) mass is 355 g/mol. The molecule has 0 aliphatic heterocycles. The van der Waals surface area contributed by atoms with E-state index in [0.29, 0.717) is 5.75 Å². The Bertz CT molecular complexity index is 555. The van der Waals surface area contributed by atoms with Gasteiger partial charge in [-0.3, -0.25) is 4.79 Å². The predicted molar refractivity (Wildman–Crippen MR) is 84.1 cm³/mol. The van der Waals surface area contributed by atoms with Crippen LogP contribution in [0.15, 0.2) is 28.7 Å². The molecule has 0 radical (unpaired) electrons. The number of halogens is 1. The summed E-state index contributed by atoms with van der Waals surface area (Å²) in [6.07, 6.45) is 2.88. The first-order valence-corrected chi connectivity index (χ1v) is 7.19. The van der Waals surface area contributed by atoms with Gasteiger partial charge in [-0.1, -0.05) is 29.8 Å². The zero-order valence-corrected chi connectivity index (χ0v) is 13.7. The summed E-state index contributed by atoms with van der Waals surface area (Å²) >= 11 is 3.34. The summed E-state index contributed by atoms with van der Waals surface area (Å²) in [7, 11) is 1.54. The van der Waals surface area contributed by atoms with E-state index in [-0.39, 0.29) is 5.92 Å². The molecule has 0 spiro atoms. The average Bonchev–Trinajstić information content (AvgIpc) is 2.42. The number of methoxy groups -OCH3 is 1. The molecule has 0 bridgehead atoms. The number of carbonyl (C=O) groups is 2. The topological polar surface area (TPSA) is 75.6 Å². The molecule has 0 aliphatic carbocycles. The molecule has 0 unspecified atom stereocenters. The number of carboxylic acids is 1. The predicted octanol–water partition coefficient (Wildman–Crippen LogP) is 2.70. The molecule has 1 rings (SSSR count). The molecule has 1 aromatic carbocycles. The molecule has 5 nitrogen and oxygen atoms in total. The van der Waals surface area contributed by atoms with Crippen LogP contribution in [0.2, 0.25) is 0 Å². The number of rotatable bonds is 6. The number of hydrogen-bond donors (Lipinski definition) is 2. The summed E-state index contributed by atoms with van der Waals surface area (Å²) in [5.41, 5.74) is 0.721. The molecule has 0 saturated carbocycles. The van der Waals surface area contributed by atoms with E-state index < -0.39 is 17.9 Å². The van der Waals surface area contributed by atoms with Gasteiger partial charge in [-0.25, -0.2) is 4.79 Å². The molecule has 1 atom stereocenters. The van der Waals surface area contributed by atoms with Gasteiger partial charge in [0.05, 0.1) is 7.11 Å². The minimum absolute atomic E-state index is 0.194. The number of nitrogens with one attached hydrogen (secondary N) is 1. The van der Waals surface area contributed by atoms with Crippen molar-refractivity contribution in [3.8, 4) is 5.75 Å². The second-order valence-corrected chi connectivity index (χ2v) is 5.70. The fraction of sp³-hybridized carbons (Fsp3) is 0.333. The van der Waals surface area contributed by atoms with Crippen molar-refractivity contribution in [2.45, 2.75) is 19.9 Å². The van der Waals surface area contributed by atoms with Crippen LogP contribution in [0, 0.1) is 5.92 Å². The summed E-state index contributed by atoms with van der Waals surface area (Å²) < 4.78 is 6.05. The van der Waals surface area contributed by atoms with Crippen LogP contribution in [0.1, 0.15) is 19.4 Å². The zero-order valence-electron chi connectivity index (χ0n) is 12.1. The molecule has 0 aromatic heterocycles. The maximum Gasteiger partial charge on any atom is 0.326 e. The largest absolute Gasteiger partial charge is 0.496 e. The van der Waals surface area contributed by atoms with Crippen LogP contribution in [0.4, 0.5) is 0 Å². The molecule has 0 saturated heterocycles. The van der Waals surface area contributed by atoms with Gasteiger partial charge in [0.25, 0.3) is 0 Å². The molecule has 21 heavy (non-hydrogen) atoms. The van der Waals surface area contributed by atoms with E-state index in [1.807, 2.05) is 6.07 Å². The van der Waals surface area contributed by atoms with E-state index in [4.69, 9.17) is 9.84 Å². The van der Waals surface area contributed by atoms with Crippen LogP contribution in [0.5, 0.6) is 5.75 Å². The second kappa shape index (κ2) is 7.83. The highest BCUT2D eigenvalue weighted by molar-refractivity contribution is 9.10. The molecular weight excluding hydrogens is 338 g/mol. The molecule has 1 amide bonds. The third-order valence-corrected chi connectivity index (χ3v) is 3.33. The van der Waals surface area contributed by atoms with Crippen molar-refractivity contribution < 1.29 is 19.4 Å². The normalized spacial score (nSPS) is 12.4. The van der Waals surface area contributed by atoms with Gasteiger partial charge in [0, 0.05) is 16.1 Å². The van der Waals surface area contributed by atoms with Crippen molar-refractivity contribution in [3.05, 3.63) is 34.3 Å². The Labute approximate surface area is 132 Å². The first-order chi connectivity index (χ1) is 9.85. The summed E-state index contributed by atoms with van der Waals surface area (Å²) in [6.45, 7) is 3.47. The summed E-state index contributed by atoms with van der Waals surface area (Å²) in [6, 6.07) is 4.50. The van der Waals surface area contributed by atoms with E-state index in [1.54, 1.807) is 39.2 Å². The van der Waals surface area contributed by atoms with Gasteiger partial charge in [0.15, 0.2) is 0 Å².